The van der Waals surface area contributed by atoms with Gasteiger partial charge in [-0.2, -0.15) is 0 Å². The molecule has 9 aliphatic heterocycles. The highest BCUT2D eigenvalue weighted by Gasteiger charge is 2.53. The van der Waals surface area contributed by atoms with Crippen molar-refractivity contribution in [2.24, 2.45) is 11.8 Å². The molecule has 2 saturated carbocycles. The largest absolute Gasteiger partial charge is 0.374 e. The molecule has 8 aromatic rings. The number of fused-ring (bicyclic) bond motifs is 9. The number of piperidine rings is 2. The smallest absolute Gasteiger partial charge is 0.253 e. The summed E-state index contributed by atoms with van der Waals surface area (Å²) in [5.74, 6) is -0.340. The molecule has 6 amide bonds. The Morgan fingerprint density at radius 2 is 1.12 bits per heavy atom. The van der Waals surface area contributed by atoms with Gasteiger partial charge in [0.15, 0.2) is 11.6 Å². The number of pyridine rings is 1. The number of aromatic amines is 2. The van der Waals surface area contributed by atoms with Crippen molar-refractivity contribution in [2.75, 3.05) is 146 Å². The summed E-state index contributed by atoms with van der Waals surface area (Å²) in [7, 11) is 1.83. The van der Waals surface area contributed by atoms with Crippen LogP contribution in [-0.4, -0.2) is 205 Å². The van der Waals surface area contributed by atoms with Crippen LogP contribution >= 0.6 is 0 Å². The molecule has 4 aromatic heterocycles. The average molecular weight is 1470 g/mol. The summed E-state index contributed by atoms with van der Waals surface area (Å²) >= 11 is 0. The number of aliphatic hydroxyl groups is 1. The van der Waals surface area contributed by atoms with E-state index in [9.17, 15) is 33.9 Å². The molecule has 0 radical (unpaired) electrons. The molecule has 3 unspecified atom stereocenters. The lowest BCUT2D eigenvalue weighted by Gasteiger charge is -2.45. The molecule has 3 aliphatic carbocycles. The summed E-state index contributed by atoms with van der Waals surface area (Å²) in [5.41, 5.74) is 16.2. The van der Waals surface area contributed by atoms with Crippen LogP contribution in [0.15, 0.2) is 103 Å². The fraction of sp³-hybridized carbons (Fsp3) is 0.434. The number of nitrogens with one attached hydrogen (secondary N) is 7. The number of piperazine rings is 2. The molecule has 20 rings (SSSR count). The van der Waals surface area contributed by atoms with Gasteiger partial charge in [-0.3, -0.25) is 49.2 Å². The van der Waals surface area contributed by atoms with Gasteiger partial charge in [0.1, 0.15) is 17.8 Å². The molecule has 8 N–H and O–H groups in total. The van der Waals surface area contributed by atoms with Crippen molar-refractivity contribution in [1.29, 1.82) is 0 Å². The van der Waals surface area contributed by atoms with Gasteiger partial charge in [-0.1, -0.05) is 25.0 Å². The number of rotatable bonds is 15. The Bertz CT molecular complexity index is 5040. The molecule has 12 aliphatic rings. The number of halogens is 1. The number of imide groups is 2. The minimum absolute atomic E-state index is 0.108. The maximum absolute atomic E-state index is 18.5. The van der Waals surface area contributed by atoms with E-state index in [0.29, 0.717) is 119 Å². The second-order valence-electron chi connectivity index (χ2n) is 32.7. The van der Waals surface area contributed by atoms with Gasteiger partial charge in [-0.05, 0) is 153 Å². The maximum Gasteiger partial charge on any atom is 0.253 e. The standard InChI is InChI=1S/C83H89FN18O7/c1-95-65-36-55(16-20-63(65)102(81(95)109)64-21-23-67(104)92-79(64)107)101-43-48(44-101)40-97-28-32-98(33-29-97)52-10-4-49(5-11-52)71-70(84)68-56(17-18-57-69-75(94-73(57)68)83(26-27-83)46-86-80(69)108)72(93-71)62-38-61(60-37-58-74(88-60)82(24-2-3-25-82)45-85-77(58)105)89-76(90-62)50-6-12-53(13-7-50)99-34-30-96(31-35-99)39-47-41-100(42-47)54-14-8-51(9-15-54)87-59-19-22-66(103)91-78(59)106/h4-16,20,36-38,47-48,59,64,81,87-88,94,109H,2-3,17-19,21-35,39-46H2,1H3,(H,85,105)(H,86,108)(H,91,103,106)(H,92,104,107). The molecule has 4 aromatic carbocycles. The van der Waals surface area contributed by atoms with Crippen molar-refractivity contribution >= 4 is 75.3 Å². The zero-order chi connectivity index (χ0) is 73.7. The quantitative estimate of drug-likeness (QED) is 0.0461. The number of amides is 6. The number of carbonyl (C=O) groups excluding carboxylic acids is 6. The second kappa shape index (κ2) is 26.3. The van der Waals surface area contributed by atoms with Gasteiger partial charge >= 0.3 is 0 Å². The Morgan fingerprint density at radius 3 is 1.77 bits per heavy atom. The molecule has 3 atom stereocenters. The van der Waals surface area contributed by atoms with Crippen LogP contribution in [0.1, 0.15) is 107 Å². The first-order valence-electron chi connectivity index (χ1n) is 39.2. The third-order valence-electron chi connectivity index (χ3n) is 26.0. The normalized spacial score (nSPS) is 23.1. The number of H-pyrrole nitrogens is 2. The highest BCUT2D eigenvalue weighted by Crippen LogP contribution is 2.55. The van der Waals surface area contributed by atoms with Crippen LogP contribution in [0.3, 0.4) is 0 Å². The second-order valence-corrected chi connectivity index (χ2v) is 32.7. The SMILES string of the molecule is CN1c2cc(N3CC(CN4CCN(c5ccc(-c6nc(-c7cc(-c8cc9c([nH]8)C8(CCCC8)CNC9=O)nc(-c8ccc(N9CCN(CC%10CN(c%11ccc(NC%12CCC(=O)NC%12=O)cc%11)C%10)CC9)cc8)n7)c7c(c6F)-c6[nH]c8c(c6CC7)C(=O)NCC86CC6)cc5)CC4)C3)ccc2N(C2CCC(=O)NC2=O)C1O. The van der Waals surface area contributed by atoms with Crippen LogP contribution in [0.4, 0.5) is 44.2 Å². The van der Waals surface area contributed by atoms with Crippen LogP contribution in [-0.2, 0) is 42.8 Å². The van der Waals surface area contributed by atoms with Crippen molar-refractivity contribution in [3.8, 4) is 56.7 Å². The summed E-state index contributed by atoms with van der Waals surface area (Å²) < 4.78 is 18.5. The molecule has 6 saturated heterocycles. The molecular weight excluding hydrogens is 1380 g/mol. The van der Waals surface area contributed by atoms with Gasteiger partial charge in [0.25, 0.3) is 11.8 Å². The Morgan fingerprint density at radius 1 is 0.541 bits per heavy atom. The summed E-state index contributed by atoms with van der Waals surface area (Å²) in [4.78, 5) is 119. The number of hydrogen-bond donors (Lipinski definition) is 8. The van der Waals surface area contributed by atoms with E-state index in [4.69, 9.17) is 15.0 Å². The van der Waals surface area contributed by atoms with Crippen LogP contribution < -0.4 is 56.0 Å². The molecule has 0 bridgehead atoms. The van der Waals surface area contributed by atoms with Crippen molar-refractivity contribution in [3.05, 3.63) is 143 Å². The molecule has 560 valence electrons. The minimum atomic E-state index is -1.02. The van der Waals surface area contributed by atoms with E-state index in [1.54, 1.807) is 9.80 Å². The molecule has 13 heterocycles. The van der Waals surface area contributed by atoms with E-state index >= 15 is 4.39 Å². The number of aromatic nitrogens is 5. The zero-order valence-electron chi connectivity index (χ0n) is 61.2. The molecule has 109 heavy (non-hydrogen) atoms. The number of anilines is 7. The third-order valence-corrected chi connectivity index (χ3v) is 26.0. The highest BCUT2D eigenvalue weighted by molar-refractivity contribution is 6.04. The first-order chi connectivity index (χ1) is 53.0. The van der Waals surface area contributed by atoms with Gasteiger partial charge in [0.2, 0.25) is 30.0 Å². The number of benzene rings is 4. The molecular formula is C83H89FN18O7. The first kappa shape index (κ1) is 67.6. The monoisotopic (exact) mass is 1470 g/mol. The van der Waals surface area contributed by atoms with Crippen LogP contribution in [0, 0.1) is 17.7 Å². The van der Waals surface area contributed by atoms with E-state index < -0.39 is 24.3 Å². The van der Waals surface area contributed by atoms with Crippen molar-refractivity contribution in [2.45, 2.75) is 106 Å². The molecule has 2 spiro atoms. The van der Waals surface area contributed by atoms with Gasteiger partial charge in [0.05, 0.1) is 51.0 Å². The van der Waals surface area contributed by atoms with Crippen LogP contribution in [0.2, 0.25) is 0 Å². The topological polar surface area (TPSA) is 279 Å². The zero-order valence-corrected chi connectivity index (χ0v) is 61.2. The number of aliphatic hydroxyl groups excluding tert-OH is 1. The van der Waals surface area contributed by atoms with E-state index in [0.717, 1.165) is 192 Å². The number of hydrogen-bond acceptors (Lipinski definition) is 19. The lowest BCUT2D eigenvalue weighted by molar-refractivity contribution is -0.135. The van der Waals surface area contributed by atoms with Crippen molar-refractivity contribution < 1.29 is 38.3 Å². The van der Waals surface area contributed by atoms with E-state index in [1.165, 1.54) is 0 Å². The summed E-state index contributed by atoms with van der Waals surface area (Å²) in [6.45, 7) is 14.0. The lowest BCUT2D eigenvalue weighted by atomic mass is 9.78. The predicted molar refractivity (Wildman–Crippen MR) is 413 cm³/mol. The Hall–Kier alpha value is -10.7. The van der Waals surface area contributed by atoms with E-state index in [-0.39, 0.29) is 58.4 Å². The first-order valence-corrected chi connectivity index (χ1v) is 39.2. The molecule has 25 nitrogen and oxygen atoms in total. The summed E-state index contributed by atoms with van der Waals surface area (Å²) in [6, 6.07) is 33.8. The third kappa shape index (κ3) is 11.8. The Balaban J connectivity index is 0.556. The van der Waals surface area contributed by atoms with Gasteiger partial charge in [0, 0.05) is 204 Å². The predicted octanol–water partition coefficient (Wildman–Crippen LogP) is 7.50. The van der Waals surface area contributed by atoms with E-state index in [2.05, 4.69) is 127 Å². The van der Waals surface area contributed by atoms with Crippen molar-refractivity contribution in [1.82, 2.24) is 56.0 Å². The minimum Gasteiger partial charge on any atom is -0.374 e. The number of carbonyl (C=O) groups is 6. The Kier molecular flexibility index (Phi) is 16.3. The van der Waals surface area contributed by atoms with Crippen LogP contribution in [0.5, 0.6) is 0 Å². The van der Waals surface area contributed by atoms with Gasteiger partial charge in [-0.15, -0.1) is 0 Å². The molecule has 26 heteroatoms. The summed E-state index contributed by atoms with van der Waals surface area (Å²) in [6.07, 6.45) is 7.29. The summed E-state index contributed by atoms with van der Waals surface area (Å²) in [5, 5.41) is 25.8. The van der Waals surface area contributed by atoms with Gasteiger partial charge < -0.3 is 60.4 Å². The molecule has 8 fully saturated rings. The van der Waals surface area contributed by atoms with E-state index in [1.807, 2.05) is 49.5 Å². The fourth-order valence-corrected chi connectivity index (χ4v) is 19.6. The highest BCUT2D eigenvalue weighted by atomic mass is 19.1. The maximum atomic E-state index is 18.5. The Labute approximate surface area is 630 Å². The van der Waals surface area contributed by atoms with Crippen LogP contribution in [0.25, 0.3) is 56.7 Å². The van der Waals surface area contributed by atoms with Crippen molar-refractivity contribution in [3.63, 3.8) is 0 Å². The fourth-order valence-electron chi connectivity index (χ4n) is 19.6. The van der Waals surface area contributed by atoms with Gasteiger partial charge in [-0.25, -0.2) is 19.3 Å². The average Bonchev–Trinajstić information content (AvgIpc) is 1.48. The number of nitrogens with zero attached hydrogens (tertiary/aromatic N) is 11. The lowest BCUT2D eigenvalue weighted by Crippen LogP contribution is -2.56.